The Morgan fingerprint density at radius 2 is 1.64 bits per heavy atom. The maximum Gasteiger partial charge on any atom is 0.437 e. The molecule has 128 valence electrons. The normalized spacial score (nSPS) is 19.5. The van der Waals surface area contributed by atoms with Crippen molar-refractivity contribution in [2.24, 2.45) is 0 Å². The summed E-state index contributed by atoms with van der Waals surface area (Å²) < 4.78 is 5.06. The van der Waals surface area contributed by atoms with Gasteiger partial charge in [-0.3, -0.25) is 15.0 Å². The van der Waals surface area contributed by atoms with E-state index in [1.165, 1.54) is 6.92 Å². The molecule has 1 fully saturated rings. The predicted octanol–water partition coefficient (Wildman–Crippen LogP) is 2.07. The molecule has 0 spiro atoms. The zero-order chi connectivity index (χ0) is 17.9. The molecule has 3 amide bonds. The van der Waals surface area contributed by atoms with Gasteiger partial charge in [-0.2, -0.15) is 0 Å². The highest BCUT2D eigenvalue weighted by Crippen LogP contribution is 2.25. The number of nitrogens with one attached hydrogen (secondary N) is 2. The molecule has 1 saturated heterocycles. The zero-order valence-corrected chi connectivity index (χ0v) is 13.6. The summed E-state index contributed by atoms with van der Waals surface area (Å²) in [6, 6.07) is 17.9. The number of cyclic esters (lactones) is 1. The van der Waals surface area contributed by atoms with E-state index in [2.05, 4.69) is 10.7 Å². The van der Waals surface area contributed by atoms with Gasteiger partial charge in [0.15, 0.2) is 0 Å². The van der Waals surface area contributed by atoms with Crippen molar-refractivity contribution >= 4 is 23.6 Å². The summed E-state index contributed by atoms with van der Waals surface area (Å²) in [5, 5.41) is 3.33. The summed E-state index contributed by atoms with van der Waals surface area (Å²) >= 11 is 0. The predicted molar refractivity (Wildman–Crippen MR) is 90.1 cm³/mol. The lowest BCUT2D eigenvalue weighted by Gasteiger charge is -2.19. The first kappa shape index (κ1) is 16.5. The molecule has 1 heterocycles. The van der Waals surface area contributed by atoms with Crippen LogP contribution in [0.3, 0.4) is 0 Å². The second kappa shape index (κ2) is 6.64. The second-order valence-corrected chi connectivity index (χ2v) is 5.69. The average molecular weight is 339 g/mol. The number of anilines is 1. The molecular weight excluding hydrogens is 322 g/mol. The van der Waals surface area contributed by atoms with Gasteiger partial charge >= 0.3 is 12.0 Å². The standard InChI is InChI=1S/C18H17N3O4/c1-18(15(22)19-12-13-8-4-2-5-9-13)16(23)21(17(24)25-18)20-14-10-6-3-7-11-14/h2-11,20H,12H2,1H3,(H,19,22). The minimum Gasteiger partial charge on any atom is -0.421 e. The molecule has 1 aliphatic rings. The molecule has 1 unspecified atom stereocenters. The summed E-state index contributed by atoms with van der Waals surface area (Å²) in [6.07, 6.45) is -0.925. The molecule has 0 bridgehead atoms. The Morgan fingerprint density at radius 1 is 1.04 bits per heavy atom. The van der Waals surface area contributed by atoms with Gasteiger partial charge in [-0.15, -0.1) is 5.01 Å². The van der Waals surface area contributed by atoms with Crippen molar-refractivity contribution < 1.29 is 19.1 Å². The fourth-order valence-corrected chi connectivity index (χ4v) is 2.39. The highest BCUT2D eigenvalue weighted by Gasteiger charge is 2.56. The van der Waals surface area contributed by atoms with Crippen molar-refractivity contribution in [3.63, 3.8) is 0 Å². The van der Waals surface area contributed by atoms with Crippen molar-refractivity contribution in [3.05, 3.63) is 66.2 Å². The largest absolute Gasteiger partial charge is 0.437 e. The van der Waals surface area contributed by atoms with Gasteiger partial charge < -0.3 is 10.1 Å². The molecule has 7 nitrogen and oxygen atoms in total. The van der Waals surface area contributed by atoms with E-state index in [0.29, 0.717) is 10.7 Å². The summed E-state index contributed by atoms with van der Waals surface area (Å²) in [5.41, 5.74) is 2.14. The van der Waals surface area contributed by atoms with Crippen LogP contribution in [0.15, 0.2) is 60.7 Å². The fraction of sp³-hybridized carbons (Fsp3) is 0.167. The van der Waals surface area contributed by atoms with Gasteiger partial charge in [-0.05, 0) is 24.6 Å². The van der Waals surface area contributed by atoms with E-state index < -0.39 is 23.5 Å². The third-order valence-corrected chi connectivity index (χ3v) is 3.83. The smallest absolute Gasteiger partial charge is 0.421 e. The van der Waals surface area contributed by atoms with Crippen LogP contribution in [0.2, 0.25) is 0 Å². The molecule has 1 atom stereocenters. The van der Waals surface area contributed by atoms with Crippen molar-refractivity contribution in [1.82, 2.24) is 10.3 Å². The molecule has 2 aromatic rings. The Bertz CT molecular complexity index is 794. The van der Waals surface area contributed by atoms with E-state index in [1.807, 2.05) is 30.3 Å². The van der Waals surface area contributed by atoms with E-state index in [9.17, 15) is 14.4 Å². The number of nitrogens with zero attached hydrogens (tertiary/aromatic N) is 1. The van der Waals surface area contributed by atoms with Crippen LogP contribution in [0, 0.1) is 0 Å². The molecule has 0 saturated carbocycles. The van der Waals surface area contributed by atoms with E-state index in [0.717, 1.165) is 5.56 Å². The fourth-order valence-electron chi connectivity index (χ4n) is 2.39. The maximum absolute atomic E-state index is 12.6. The molecule has 2 aromatic carbocycles. The zero-order valence-electron chi connectivity index (χ0n) is 13.6. The number of carbonyl (C=O) groups excluding carboxylic acids is 3. The number of hydrogen-bond acceptors (Lipinski definition) is 5. The van der Waals surface area contributed by atoms with Gasteiger partial charge in [0.1, 0.15) is 0 Å². The van der Waals surface area contributed by atoms with Crippen LogP contribution in [0.5, 0.6) is 0 Å². The van der Waals surface area contributed by atoms with Gasteiger partial charge in [0.2, 0.25) is 0 Å². The first-order valence-electron chi connectivity index (χ1n) is 7.72. The number of hydrazine groups is 1. The summed E-state index contributed by atoms with van der Waals surface area (Å²) in [7, 11) is 0. The van der Waals surface area contributed by atoms with Crippen LogP contribution in [0.1, 0.15) is 12.5 Å². The number of amides is 3. The number of rotatable bonds is 5. The number of imide groups is 1. The third kappa shape index (κ3) is 3.30. The van der Waals surface area contributed by atoms with Crippen LogP contribution in [0.4, 0.5) is 10.5 Å². The van der Waals surface area contributed by atoms with Gasteiger partial charge in [-0.1, -0.05) is 48.5 Å². The van der Waals surface area contributed by atoms with Gasteiger partial charge in [0.25, 0.3) is 11.5 Å². The maximum atomic E-state index is 12.6. The Balaban J connectivity index is 1.69. The van der Waals surface area contributed by atoms with E-state index in [1.54, 1.807) is 30.3 Å². The molecular formula is C18H17N3O4. The number of hydrogen-bond donors (Lipinski definition) is 2. The highest BCUT2D eigenvalue weighted by molar-refractivity contribution is 6.17. The van der Waals surface area contributed by atoms with Gasteiger partial charge in [0, 0.05) is 6.54 Å². The number of benzene rings is 2. The second-order valence-electron chi connectivity index (χ2n) is 5.69. The van der Waals surface area contributed by atoms with Crippen LogP contribution >= 0.6 is 0 Å². The Morgan fingerprint density at radius 3 is 2.28 bits per heavy atom. The number of ether oxygens (including phenoxy) is 1. The number of para-hydroxylation sites is 1. The molecule has 0 radical (unpaired) electrons. The van der Waals surface area contributed by atoms with E-state index in [-0.39, 0.29) is 6.54 Å². The average Bonchev–Trinajstić information content (AvgIpc) is 2.85. The molecule has 3 rings (SSSR count). The summed E-state index contributed by atoms with van der Waals surface area (Å²) in [5.74, 6) is -1.45. The lowest BCUT2D eigenvalue weighted by molar-refractivity contribution is -0.147. The molecule has 1 aliphatic heterocycles. The van der Waals surface area contributed by atoms with E-state index >= 15 is 0 Å². The third-order valence-electron chi connectivity index (χ3n) is 3.83. The van der Waals surface area contributed by atoms with Crippen molar-refractivity contribution in [1.29, 1.82) is 0 Å². The summed E-state index contributed by atoms with van der Waals surface area (Å²) in [6.45, 7) is 1.51. The van der Waals surface area contributed by atoms with E-state index in [4.69, 9.17) is 4.74 Å². The molecule has 2 N–H and O–H groups in total. The topological polar surface area (TPSA) is 87.7 Å². The van der Waals surface area contributed by atoms with Crippen molar-refractivity contribution in [2.45, 2.75) is 19.1 Å². The molecule has 0 aromatic heterocycles. The highest BCUT2D eigenvalue weighted by atomic mass is 16.6. The van der Waals surface area contributed by atoms with Gasteiger partial charge in [0.05, 0.1) is 5.69 Å². The first-order valence-corrected chi connectivity index (χ1v) is 7.72. The Labute approximate surface area is 144 Å². The minimum absolute atomic E-state index is 0.228. The van der Waals surface area contributed by atoms with Gasteiger partial charge in [-0.25, -0.2) is 4.79 Å². The SMILES string of the molecule is CC1(C(=O)NCc2ccccc2)OC(=O)N(Nc2ccccc2)C1=O. The van der Waals surface area contributed by atoms with Crippen LogP contribution in [0.25, 0.3) is 0 Å². The Hall–Kier alpha value is -3.35. The summed E-state index contributed by atoms with van der Waals surface area (Å²) in [4.78, 5) is 37.0. The quantitative estimate of drug-likeness (QED) is 0.814. The number of carbonyl (C=O) groups is 3. The molecule has 25 heavy (non-hydrogen) atoms. The van der Waals surface area contributed by atoms with Crippen LogP contribution in [-0.4, -0.2) is 28.5 Å². The van der Waals surface area contributed by atoms with Crippen molar-refractivity contribution in [2.75, 3.05) is 5.43 Å². The molecule has 7 heteroatoms. The first-order chi connectivity index (χ1) is 12.0. The monoisotopic (exact) mass is 339 g/mol. The van der Waals surface area contributed by atoms with Crippen molar-refractivity contribution in [3.8, 4) is 0 Å². The Kier molecular flexibility index (Phi) is 4.38. The lowest BCUT2D eigenvalue weighted by Crippen LogP contribution is -2.51. The minimum atomic E-state index is -1.91. The molecule has 0 aliphatic carbocycles. The van der Waals surface area contributed by atoms with Crippen LogP contribution < -0.4 is 10.7 Å². The lowest BCUT2D eigenvalue weighted by atomic mass is 10.1. The van der Waals surface area contributed by atoms with Crippen LogP contribution in [-0.2, 0) is 20.9 Å².